The highest BCUT2D eigenvalue weighted by molar-refractivity contribution is 8.25. The van der Waals surface area contributed by atoms with Gasteiger partial charge in [-0.05, 0) is 55.7 Å². The van der Waals surface area contributed by atoms with Crippen molar-refractivity contribution >= 4 is 172 Å². The van der Waals surface area contributed by atoms with Crippen molar-refractivity contribution in [2.24, 2.45) is 10.8 Å². The minimum atomic E-state index is -0.800. The van der Waals surface area contributed by atoms with E-state index in [0.29, 0.717) is 111 Å². The highest BCUT2D eigenvalue weighted by Gasteiger charge is 2.46. The van der Waals surface area contributed by atoms with E-state index in [1.54, 1.807) is 46.8 Å². The van der Waals surface area contributed by atoms with E-state index in [-0.39, 0.29) is 198 Å². The summed E-state index contributed by atoms with van der Waals surface area (Å²) in [4.78, 5) is 216. The van der Waals surface area contributed by atoms with Gasteiger partial charge in [-0.1, -0.05) is 164 Å². The molecule has 0 spiro atoms. The van der Waals surface area contributed by atoms with Gasteiger partial charge >= 0.3 is 89.5 Å². The van der Waals surface area contributed by atoms with Crippen LogP contribution in [0.5, 0.6) is 34.5 Å². The molecular formula is C100H115N5O38S6. The zero-order chi connectivity index (χ0) is 110. The Morgan fingerprint density at radius 3 is 1.05 bits per heavy atom. The maximum absolute atomic E-state index is 13.7. The van der Waals surface area contributed by atoms with Gasteiger partial charge in [0, 0.05) is 60.4 Å². The third kappa shape index (κ3) is 45.1. The monoisotopic (exact) mass is 2190 g/mol. The molecule has 4 aliphatic rings. The SMILES string of the molecule is C=CC(=O)OCCOC(=O)CCC(=O)Oc1ccc(OC(=O)CCC(=O)OCCOC(=O)C=C)c2c1SC(=C1C(=O)N(CCCC)N(CCCC)C1=O)S2.[C-]#[N+]/C(C#N)=C1\Sc2c(OC(=O)CCC(=O)OCC(C)(C)COC(=O)C=C)cc(C)c(OC(=O)CCC(=O)OCC(C)(C)COC(=O)C=C)c2S1.[C-]#[N+]C(C(=O)OC)=C1Sc2c(OCCOCCOCCOC(=O)C=C)ccc(OCCOCCOCCOC(=O)C=C)c2S1. The fourth-order valence-corrected chi connectivity index (χ4v) is 19.2. The number of carbonyl (C=O) groups is 17. The lowest BCUT2D eigenvalue weighted by atomic mass is 9.96. The molecule has 2 amide bonds. The van der Waals surface area contributed by atoms with Gasteiger partial charge in [0.15, 0.2) is 0 Å². The first-order valence-corrected chi connectivity index (χ1v) is 50.7. The number of benzene rings is 3. The number of fused-ring (bicyclic) bond motifs is 3. The summed E-state index contributed by atoms with van der Waals surface area (Å²) in [5, 5.41) is 12.3. The zero-order valence-corrected chi connectivity index (χ0v) is 88.2. The summed E-state index contributed by atoms with van der Waals surface area (Å²) < 4.78 is 111. The Kier molecular flexibility index (Phi) is 57.4. The van der Waals surface area contributed by atoms with E-state index in [0.717, 1.165) is 96.3 Å². The summed E-state index contributed by atoms with van der Waals surface area (Å²) >= 11 is 6.44. The Morgan fingerprint density at radius 1 is 0.383 bits per heavy atom. The van der Waals surface area contributed by atoms with E-state index < -0.39 is 112 Å². The molecule has 0 bridgehead atoms. The molecule has 0 atom stereocenters. The van der Waals surface area contributed by atoms with Crippen molar-refractivity contribution in [3.63, 3.8) is 0 Å². The van der Waals surface area contributed by atoms with Crippen molar-refractivity contribution < 1.29 is 181 Å². The third-order valence-electron chi connectivity index (χ3n) is 18.8. The molecule has 3 aromatic rings. The van der Waals surface area contributed by atoms with Crippen LogP contribution in [0, 0.1) is 42.2 Å². The summed E-state index contributed by atoms with van der Waals surface area (Å²) in [5.41, 5.74) is -1.40. The summed E-state index contributed by atoms with van der Waals surface area (Å²) in [6.45, 7) is 49.9. The molecule has 804 valence electrons. The standard InChI is InChI=1S/C36H42N2O14S2.C35H38N2O12S2.C29H35NO12S2/c1-5-9-17-37-34(45)31(35(46)38(37)18-10-6-2)36-53-32-23(51-29(43)15-13-27(41)49-21-19-47-25(39)7-3)11-12-24(33(32)54-36)52-30(44)16-14-28(42)50-22-20-48-26(40)8-4;1-9-24(38)44-17-34(4,5)19-46-26(40)11-13-28(42)48-23-15-21(3)30(32-31(23)50-33(51-32)22(16-36)37-8)49-29(43)14-12-27(41)47-20-35(6,7)18-45-25(39)10-2;1-5-23(31)41-19-15-37-11-9-35-13-17-39-21-7-8-22(27-26(21)43-29(44-27)25(30-3)28(33)34-4)40-18-14-36-10-12-38-16-20-42-24(32)6-2/h7-8,11-12H,3-6,9-10,13-22H2,1-2H3;9-10,15H,1-2,11-14,17-20H2,3-7H3;5-8H,1-2,9-20H2,4H3/b;33-22+;. The van der Waals surface area contributed by atoms with Crippen LogP contribution in [0.25, 0.3) is 9.69 Å². The van der Waals surface area contributed by atoms with Gasteiger partial charge in [0.25, 0.3) is 23.2 Å². The number of nitriles is 1. The molecule has 4 aliphatic heterocycles. The minimum absolute atomic E-state index is 0.0148. The van der Waals surface area contributed by atoms with Crippen LogP contribution in [0.4, 0.5) is 0 Å². The maximum atomic E-state index is 13.7. The summed E-state index contributed by atoms with van der Waals surface area (Å²) in [6.07, 6.45) is 6.41. The molecule has 0 radical (unpaired) electrons. The van der Waals surface area contributed by atoms with E-state index in [9.17, 15) is 86.8 Å². The second-order valence-electron chi connectivity index (χ2n) is 31.8. The Balaban J connectivity index is 0.000000395. The molecular weight excluding hydrogens is 2070 g/mol. The highest BCUT2D eigenvalue weighted by atomic mass is 32.2. The number of hydrogen-bond acceptors (Lipinski definition) is 45. The molecule has 1 fully saturated rings. The first kappa shape index (κ1) is 126. The lowest BCUT2D eigenvalue weighted by molar-refractivity contribution is -0.153. The van der Waals surface area contributed by atoms with Gasteiger partial charge in [-0.2, -0.15) is 0 Å². The number of ether oxygens (including phenoxy) is 21. The number of esters is 15. The first-order valence-electron chi connectivity index (χ1n) is 45.8. The first-order chi connectivity index (χ1) is 71.3. The van der Waals surface area contributed by atoms with Gasteiger partial charge in [0.2, 0.25) is 0 Å². The van der Waals surface area contributed by atoms with E-state index in [4.69, 9.17) is 113 Å². The van der Waals surface area contributed by atoms with Crippen molar-refractivity contribution in [2.75, 3.05) is 152 Å². The number of methoxy groups -OCH3 is 1. The number of rotatable bonds is 63. The smallest absolute Gasteiger partial charge is 0.337 e. The quantitative estimate of drug-likeness (QED) is 0.00740. The average Bonchev–Trinajstić information content (AvgIpc) is 1.60. The minimum Gasteiger partial charge on any atom is -0.490 e. The average molecular weight is 2190 g/mol. The van der Waals surface area contributed by atoms with Crippen molar-refractivity contribution in [3.8, 4) is 40.6 Å². The van der Waals surface area contributed by atoms with Gasteiger partial charge in [0.05, 0.1) is 199 Å². The Bertz CT molecular complexity index is 5420. The van der Waals surface area contributed by atoms with Crippen LogP contribution >= 0.6 is 70.6 Å². The van der Waals surface area contributed by atoms with Gasteiger partial charge in [-0.25, -0.2) is 53.7 Å². The van der Waals surface area contributed by atoms with E-state index in [1.165, 1.54) is 58.9 Å². The summed E-state index contributed by atoms with van der Waals surface area (Å²) in [5.74, 6) is -9.90. The second-order valence-corrected chi connectivity index (χ2v) is 38.7. The molecule has 7 rings (SSSR count). The molecule has 3 aromatic carbocycles. The van der Waals surface area contributed by atoms with Crippen LogP contribution in [0.2, 0.25) is 0 Å². The van der Waals surface area contributed by atoms with Crippen molar-refractivity contribution in [3.05, 3.63) is 164 Å². The number of nitrogens with zero attached hydrogens (tertiary/aromatic N) is 5. The number of carbonyl (C=O) groups excluding carboxylic acids is 17. The topological polar surface area (TPSA) is 523 Å². The van der Waals surface area contributed by atoms with Gasteiger partial charge < -0.3 is 99.5 Å². The maximum Gasteiger partial charge on any atom is 0.337 e. The van der Waals surface area contributed by atoms with E-state index in [1.807, 2.05) is 19.9 Å². The highest BCUT2D eigenvalue weighted by Crippen LogP contribution is 2.62. The number of thioether (sulfide) groups is 6. The van der Waals surface area contributed by atoms with E-state index in [2.05, 4.69) is 49.2 Å². The molecule has 49 heteroatoms. The van der Waals surface area contributed by atoms with Crippen LogP contribution in [0.3, 0.4) is 0 Å². The van der Waals surface area contributed by atoms with Gasteiger partial charge in [0.1, 0.15) is 92.9 Å². The Hall–Kier alpha value is -13.7. The normalized spacial score (nSPS) is 12.7. The molecule has 0 aliphatic carbocycles. The molecule has 1 saturated heterocycles. The predicted octanol–water partition coefficient (Wildman–Crippen LogP) is 13.4. The lowest BCUT2D eigenvalue weighted by Crippen LogP contribution is -2.42. The Labute approximate surface area is 885 Å². The molecule has 43 nitrogen and oxygen atoms in total. The second kappa shape index (κ2) is 68.0. The van der Waals surface area contributed by atoms with Crippen LogP contribution in [0.1, 0.15) is 124 Å². The van der Waals surface area contributed by atoms with Crippen LogP contribution in [-0.2, 0) is 153 Å². The number of allylic oxidation sites excluding steroid dienone is 1. The summed E-state index contributed by atoms with van der Waals surface area (Å²) in [6, 6.07) is 9.50. The molecule has 149 heavy (non-hydrogen) atoms. The number of hydrogen-bond donors (Lipinski definition) is 0. The van der Waals surface area contributed by atoms with Crippen molar-refractivity contribution in [2.45, 2.75) is 155 Å². The number of unbranched alkanes of at least 4 members (excludes halogenated alkanes) is 2. The molecule has 0 N–H and O–H groups in total. The van der Waals surface area contributed by atoms with Gasteiger partial charge in [-0.15, -0.1) is 0 Å². The van der Waals surface area contributed by atoms with Gasteiger partial charge in [-0.3, -0.25) is 52.7 Å². The third-order valence-corrected chi connectivity index (χ3v) is 26.7. The zero-order valence-electron chi connectivity index (χ0n) is 83.3. The summed E-state index contributed by atoms with van der Waals surface area (Å²) in [7, 11) is 1.22. The van der Waals surface area contributed by atoms with Crippen molar-refractivity contribution in [1.82, 2.24) is 10.0 Å². The van der Waals surface area contributed by atoms with E-state index >= 15 is 0 Å². The molecule has 4 heterocycles. The fourth-order valence-electron chi connectivity index (χ4n) is 11.4. The molecule has 0 saturated carbocycles. The lowest BCUT2D eigenvalue weighted by Gasteiger charge is -2.27. The van der Waals surface area contributed by atoms with Crippen LogP contribution in [0.15, 0.2) is 165 Å². The fraction of sp³-hybridized carbons (Fsp3) is 0.440. The van der Waals surface area contributed by atoms with Crippen molar-refractivity contribution in [1.29, 1.82) is 5.26 Å². The molecule has 0 aromatic heterocycles. The number of amides is 2. The number of hydrazine groups is 1. The number of aryl methyl sites for hydroxylation is 1. The predicted molar refractivity (Wildman–Crippen MR) is 536 cm³/mol. The van der Waals surface area contributed by atoms with Crippen LogP contribution in [-0.4, -0.2) is 264 Å². The molecule has 0 unspecified atom stereocenters. The Morgan fingerprint density at radius 2 is 0.685 bits per heavy atom. The van der Waals surface area contributed by atoms with Crippen LogP contribution < -0.4 is 28.4 Å². The largest absolute Gasteiger partial charge is 0.490 e.